The van der Waals surface area contributed by atoms with Gasteiger partial charge in [-0.05, 0) is 25.0 Å². The second kappa shape index (κ2) is 3.77. The molecular weight excluding hydrogens is 202 g/mol. The summed E-state index contributed by atoms with van der Waals surface area (Å²) in [5, 5.41) is 0. The summed E-state index contributed by atoms with van der Waals surface area (Å²) in [5.74, 6) is 1.25. The average Bonchev–Trinajstić information content (AvgIpc) is 2.63. The molecule has 2 aliphatic heterocycles. The molecule has 0 unspecified atom stereocenters. The van der Waals surface area contributed by atoms with Crippen LogP contribution in [0.4, 0.5) is 11.5 Å². The van der Waals surface area contributed by atoms with Crippen molar-refractivity contribution in [2.75, 3.05) is 29.4 Å². The van der Waals surface area contributed by atoms with E-state index in [1.165, 1.54) is 6.42 Å². The molecule has 3 heterocycles. The van der Waals surface area contributed by atoms with E-state index in [1.807, 2.05) is 23.2 Å². The van der Waals surface area contributed by atoms with E-state index in [1.54, 1.807) is 0 Å². The number of pyridine rings is 1. The highest BCUT2D eigenvalue weighted by atomic mass is 16.2. The first-order valence-corrected chi connectivity index (χ1v) is 5.86. The maximum Gasteiger partial charge on any atom is 0.227 e. The van der Waals surface area contributed by atoms with Crippen LogP contribution in [0.3, 0.4) is 0 Å². The van der Waals surface area contributed by atoms with Gasteiger partial charge in [0, 0.05) is 26.1 Å². The topological polar surface area (TPSA) is 36.4 Å². The highest BCUT2D eigenvalue weighted by Gasteiger charge is 2.22. The smallest absolute Gasteiger partial charge is 0.227 e. The fourth-order valence-corrected chi connectivity index (χ4v) is 2.19. The van der Waals surface area contributed by atoms with Crippen LogP contribution in [0.2, 0.25) is 0 Å². The van der Waals surface area contributed by atoms with Crippen LogP contribution in [0.25, 0.3) is 0 Å². The first-order valence-electron chi connectivity index (χ1n) is 5.86. The Bertz CT molecular complexity index is 397. The van der Waals surface area contributed by atoms with E-state index in [0.717, 1.165) is 37.6 Å². The molecule has 0 saturated carbocycles. The van der Waals surface area contributed by atoms with Crippen LogP contribution < -0.4 is 9.80 Å². The monoisotopic (exact) mass is 217 g/mol. The number of carbonyl (C=O) groups is 1. The molecule has 0 N–H and O–H groups in total. The Balaban J connectivity index is 1.78. The molecule has 0 aliphatic carbocycles. The summed E-state index contributed by atoms with van der Waals surface area (Å²) >= 11 is 0. The summed E-state index contributed by atoms with van der Waals surface area (Å²) in [7, 11) is 0. The van der Waals surface area contributed by atoms with Gasteiger partial charge in [0.1, 0.15) is 5.82 Å². The van der Waals surface area contributed by atoms with Crippen LogP contribution in [0.15, 0.2) is 18.3 Å². The number of nitrogens with zero attached hydrogens (tertiary/aromatic N) is 3. The Hall–Kier alpha value is -1.58. The lowest BCUT2D eigenvalue weighted by Gasteiger charge is -2.32. The molecule has 0 atom stereocenters. The molecule has 84 valence electrons. The first-order chi connectivity index (χ1) is 7.84. The number of hydrogen-bond acceptors (Lipinski definition) is 3. The number of amides is 1. The lowest BCUT2D eigenvalue weighted by Crippen LogP contribution is -2.37. The van der Waals surface area contributed by atoms with Crippen LogP contribution in [0.1, 0.15) is 19.3 Å². The number of aromatic nitrogens is 1. The van der Waals surface area contributed by atoms with Gasteiger partial charge in [-0.15, -0.1) is 0 Å². The van der Waals surface area contributed by atoms with Crippen LogP contribution in [0, 0.1) is 0 Å². The lowest BCUT2D eigenvalue weighted by atomic mass is 10.2. The predicted octanol–water partition coefficient (Wildman–Crippen LogP) is 1.42. The third-order valence-electron chi connectivity index (χ3n) is 3.30. The quantitative estimate of drug-likeness (QED) is 0.751. The molecule has 1 aromatic heterocycles. The van der Waals surface area contributed by atoms with Gasteiger partial charge in [-0.2, -0.15) is 0 Å². The predicted molar refractivity (Wildman–Crippen MR) is 62.7 cm³/mol. The summed E-state index contributed by atoms with van der Waals surface area (Å²) in [6.07, 6.45) is 4.71. The maximum atomic E-state index is 11.5. The molecule has 2 aliphatic rings. The normalized spacial score (nSPS) is 20.1. The molecule has 4 heteroatoms. The van der Waals surface area contributed by atoms with Crippen LogP contribution in [-0.4, -0.2) is 30.5 Å². The van der Waals surface area contributed by atoms with Gasteiger partial charge < -0.3 is 9.80 Å². The van der Waals surface area contributed by atoms with E-state index < -0.39 is 0 Å². The molecule has 1 amide bonds. The molecule has 0 aromatic carbocycles. The van der Waals surface area contributed by atoms with Gasteiger partial charge in [0.05, 0.1) is 11.9 Å². The minimum absolute atomic E-state index is 0.221. The highest BCUT2D eigenvalue weighted by Crippen LogP contribution is 2.24. The Labute approximate surface area is 94.9 Å². The Morgan fingerprint density at radius 2 is 2.00 bits per heavy atom. The van der Waals surface area contributed by atoms with E-state index in [4.69, 9.17) is 0 Å². The van der Waals surface area contributed by atoms with Crippen molar-refractivity contribution >= 4 is 17.4 Å². The second-order valence-electron chi connectivity index (χ2n) is 4.36. The van der Waals surface area contributed by atoms with Crippen molar-refractivity contribution in [2.24, 2.45) is 0 Å². The third-order valence-corrected chi connectivity index (χ3v) is 3.30. The lowest BCUT2D eigenvalue weighted by molar-refractivity contribution is -0.117. The van der Waals surface area contributed by atoms with E-state index in [9.17, 15) is 4.79 Å². The molecule has 0 radical (unpaired) electrons. The van der Waals surface area contributed by atoms with Gasteiger partial charge in [-0.1, -0.05) is 0 Å². The van der Waals surface area contributed by atoms with Gasteiger partial charge in [0.15, 0.2) is 0 Å². The fraction of sp³-hybridized carbons (Fsp3) is 0.500. The standard InChI is InChI=1S/C12H15N3O/c16-12-3-1-8-15(12)10-4-5-11(13-9-10)14-6-2-7-14/h4-5,9H,1-3,6-8H2. The van der Waals surface area contributed by atoms with E-state index in [0.29, 0.717) is 6.42 Å². The zero-order chi connectivity index (χ0) is 11.0. The molecule has 2 fully saturated rings. The third kappa shape index (κ3) is 1.54. The minimum Gasteiger partial charge on any atom is -0.356 e. The van der Waals surface area contributed by atoms with Crippen LogP contribution >= 0.6 is 0 Å². The molecular formula is C12H15N3O. The summed E-state index contributed by atoms with van der Waals surface area (Å²) in [6.45, 7) is 3.05. The molecule has 4 nitrogen and oxygen atoms in total. The number of carbonyl (C=O) groups excluding carboxylic acids is 1. The zero-order valence-electron chi connectivity index (χ0n) is 9.22. The summed E-state index contributed by atoms with van der Waals surface area (Å²) in [4.78, 5) is 20.0. The Morgan fingerprint density at radius 1 is 1.12 bits per heavy atom. The van der Waals surface area contributed by atoms with Crippen molar-refractivity contribution in [3.63, 3.8) is 0 Å². The average molecular weight is 217 g/mol. The summed E-state index contributed by atoms with van der Waals surface area (Å²) in [6, 6.07) is 4.02. The van der Waals surface area contributed by atoms with Gasteiger partial charge in [-0.3, -0.25) is 4.79 Å². The van der Waals surface area contributed by atoms with Gasteiger partial charge in [0.2, 0.25) is 5.91 Å². The van der Waals surface area contributed by atoms with E-state index in [2.05, 4.69) is 9.88 Å². The second-order valence-corrected chi connectivity index (χ2v) is 4.36. The Kier molecular flexibility index (Phi) is 2.27. The largest absolute Gasteiger partial charge is 0.356 e. The summed E-state index contributed by atoms with van der Waals surface area (Å²) < 4.78 is 0. The highest BCUT2D eigenvalue weighted by molar-refractivity contribution is 5.95. The molecule has 0 spiro atoms. The maximum absolute atomic E-state index is 11.5. The minimum atomic E-state index is 0.221. The fourth-order valence-electron chi connectivity index (χ4n) is 2.19. The van der Waals surface area contributed by atoms with Gasteiger partial charge in [0.25, 0.3) is 0 Å². The van der Waals surface area contributed by atoms with Crippen LogP contribution in [0.5, 0.6) is 0 Å². The van der Waals surface area contributed by atoms with E-state index >= 15 is 0 Å². The molecule has 16 heavy (non-hydrogen) atoms. The Morgan fingerprint density at radius 3 is 2.50 bits per heavy atom. The number of rotatable bonds is 2. The SMILES string of the molecule is O=C1CCCN1c1ccc(N2CCC2)nc1. The zero-order valence-corrected chi connectivity index (χ0v) is 9.22. The van der Waals surface area contributed by atoms with Gasteiger partial charge >= 0.3 is 0 Å². The molecule has 1 aromatic rings. The van der Waals surface area contributed by atoms with E-state index in [-0.39, 0.29) is 5.91 Å². The van der Waals surface area contributed by atoms with Crippen molar-refractivity contribution in [3.05, 3.63) is 18.3 Å². The molecule has 0 bridgehead atoms. The van der Waals surface area contributed by atoms with Crippen molar-refractivity contribution < 1.29 is 4.79 Å². The first kappa shape index (κ1) is 9.63. The molecule has 3 rings (SSSR count). The summed E-state index contributed by atoms with van der Waals surface area (Å²) in [5.41, 5.74) is 0.937. The number of hydrogen-bond donors (Lipinski definition) is 0. The molecule has 2 saturated heterocycles. The number of anilines is 2. The van der Waals surface area contributed by atoms with Crippen molar-refractivity contribution in [3.8, 4) is 0 Å². The van der Waals surface area contributed by atoms with Gasteiger partial charge in [-0.25, -0.2) is 4.98 Å². The van der Waals surface area contributed by atoms with Crippen molar-refractivity contribution in [2.45, 2.75) is 19.3 Å². The van der Waals surface area contributed by atoms with Crippen molar-refractivity contribution in [1.29, 1.82) is 0 Å². The van der Waals surface area contributed by atoms with Crippen molar-refractivity contribution in [1.82, 2.24) is 4.98 Å². The van der Waals surface area contributed by atoms with Crippen LogP contribution in [-0.2, 0) is 4.79 Å².